The Kier molecular flexibility index (Phi) is 2.77. The van der Waals surface area contributed by atoms with Gasteiger partial charge < -0.3 is 9.52 Å². The largest absolute Gasteiger partial charge is 0.475 e. The second kappa shape index (κ2) is 4.06. The lowest BCUT2D eigenvalue weighted by molar-refractivity contribution is 0.0659. The molecule has 0 amide bonds. The van der Waals surface area contributed by atoms with Crippen LogP contribution >= 0.6 is 0 Å². The number of carboxylic acids is 1. The van der Waals surface area contributed by atoms with Crippen LogP contribution in [0.3, 0.4) is 0 Å². The van der Waals surface area contributed by atoms with Gasteiger partial charge in [0.15, 0.2) is 0 Å². The van der Waals surface area contributed by atoms with Crippen molar-refractivity contribution in [3.63, 3.8) is 0 Å². The lowest BCUT2D eigenvalue weighted by atomic mass is 10.2. The Morgan fingerprint density at radius 2 is 2.53 bits per heavy atom. The van der Waals surface area contributed by atoms with Crippen LogP contribution < -0.4 is 0 Å². The van der Waals surface area contributed by atoms with Crippen LogP contribution in [0.15, 0.2) is 16.7 Å². The number of furan rings is 1. The van der Waals surface area contributed by atoms with Gasteiger partial charge in [0.05, 0.1) is 6.26 Å². The third kappa shape index (κ3) is 2.04. The Labute approximate surface area is 88.5 Å². The fraction of sp³-hybridized carbons (Fsp3) is 0.545. The molecule has 1 fully saturated rings. The number of aromatic carboxylic acids is 1. The van der Waals surface area contributed by atoms with Crippen LogP contribution in [0.25, 0.3) is 0 Å². The summed E-state index contributed by atoms with van der Waals surface area (Å²) in [6.07, 6.45) is 3.83. The van der Waals surface area contributed by atoms with Gasteiger partial charge in [0.1, 0.15) is 0 Å². The van der Waals surface area contributed by atoms with Crippen molar-refractivity contribution in [2.45, 2.75) is 32.4 Å². The lowest BCUT2D eigenvalue weighted by Crippen LogP contribution is -2.26. The lowest BCUT2D eigenvalue weighted by Gasteiger charge is -2.20. The van der Waals surface area contributed by atoms with Crippen LogP contribution in [0.4, 0.5) is 0 Å². The maximum Gasteiger partial charge on any atom is 0.372 e. The summed E-state index contributed by atoms with van der Waals surface area (Å²) < 4.78 is 4.95. The summed E-state index contributed by atoms with van der Waals surface area (Å²) in [7, 11) is 0. The average Bonchev–Trinajstić information content (AvgIpc) is 2.77. The van der Waals surface area contributed by atoms with Crippen molar-refractivity contribution in [1.82, 2.24) is 4.90 Å². The number of carbonyl (C=O) groups is 1. The normalized spacial score (nSPS) is 22.1. The second-order valence-corrected chi connectivity index (χ2v) is 4.04. The summed E-state index contributed by atoms with van der Waals surface area (Å²) in [6, 6.07) is 2.29. The molecule has 1 saturated heterocycles. The van der Waals surface area contributed by atoms with E-state index in [1.165, 1.54) is 19.1 Å². The smallest absolute Gasteiger partial charge is 0.372 e. The van der Waals surface area contributed by atoms with Crippen LogP contribution in [0.5, 0.6) is 0 Å². The molecule has 0 spiro atoms. The highest BCUT2D eigenvalue weighted by molar-refractivity contribution is 5.86. The standard InChI is InChI=1S/C11H15NO3/c1-8-3-2-5-12(8)7-9-4-6-15-10(9)11(13)14/h4,6,8H,2-3,5,7H2,1H3,(H,13,14). The molecule has 0 radical (unpaired) electrons. The Hall–Kier alpha value is -1.29. The fourth-order valence-corrected chi connectivity index (χ4v) is 2.09. The van der Waals surface area contributed by atoms with Gasteiger partial charge in [-0.1, -0.05) is 0 Å². The summed E-state index contributed by atoms with van der Waals surface area (Å²) in [6.45, 7) is 3.90. The summed E-state index contributed by atoms with van der Waals surface area (Å²) >= 11 is 0. The van der Waals surface area contributed by atoms with Crippen molar-refractivity contribution in [3.8, 4) is 0 Å². The van der Waals surface area contributed by atoms with E-state index in [0.717, 1.165) is 12.1 Å². The van der Waals surface area contributed by atoms with Gasteiger partial charge in [0, 0.05) is 18.2 Å². The topological polar surface area (TPSA) is 53.7 Å². The summed E-state index contributed by atoms with van der Waals surface area (Å²) in [4.78, 5) is 13.1. The highest BCUT2D eigenvalue weighted by Gasteiger charge is 2.23. The third-order valence-corrected chi connectivity index (χ3v) is 3.01. The first-order chi connectivity index (χ1) is 7.18. The van der Waals surface area contributed by atoms with Gasteiger partial charge in [-0.15, -0.1) is 0 Å². The van der Waals surface area contributed by atoms with E-state index < -0.39 is 5.97 Å². The molecule has 0 aliphatic carbocycles. The predicted molar refractivity (Wildman–Crippen MR) is 54.8 cm³/mol. The Morgan fingerprint density at radius 3 is 3.13 bits per heavy atom. The van der Waals surface area contributed by atoms with Crippen molar-refractivity contribution >= 4 is 5.97 Å². The molecule has 2 rings (SSSR count). The second-order valence-electron chi connectivity index (χ2n) is 4.04. The van der Waals surface area contributed by atoms with Gasteiger partial charge in [-0.2, -0.15) is 0 Å². The maximum absolute atomic E-state index is 10.8. The van der Waals surface area contributed by atoms with Crippen molar-refractivity contribution in [2.24, 2.45) is 0 Å². The predicted octanol–water partition coefficient (Wildman–Crippen LogP) is 1.96. The molecule has 1 N–H and O–H groups in total. The van der Waals surface area contributed by atoms with E-state index in [4.69, 9.17) is 9.52 Å². The van der Waals surface area contributed by atoms with E-state index >= 15 is 0 Å². The van der Waals surface area contributed by atoms with Crippen molar-refractivity contribution in [2.75, 3.05) is 6.54 Å². The van der Waals surface area contributed by atoms with E-state index in [9.17, 15) is 4.79 Å². The quantitative estimate of drug-likeness (QED) is 0.826. The van der Waals surface area contributed by atoms with Crippen LogP contribution in [0, 0.1) is 0 Å². The minimum atomic E-state index is -0.984. The van der Waals surface area contributed by atoms with Crippen LogP contribution in [0.2, 0.25) is 0 Å². The molecule has 0 bridgehead atoms. The molecular formula is C11H15NO3. The number of likely N-dealkylation sites (tertiary alicyclic amines) is 1. The average molecular weight is 209 g/mol. The van der Waals surface area contributed by atoms with Gasteiger partial charge in [-0.05, 0) is 32.4 Å². The van der Waals surface area contributed by atoms with Gasteiger partial charge in [-0.25, -0.2) is 4.79 Å². The molecule has 82 valence electrons. The van der Waals surface area contributed by atoms with Crippen molar-refractivity contribution in [1.29, 1.82) is 0 Å². The molecule has 0 saturated carbocycles. The first kappa shape index (κ1) is 10.2. The Bertz CT molecular complexity index is 358. The molecule has 1 aromatic heterocycles. The molecule has 1 atom stereocenters. The molecule has 1 aromatic rings. The molecule has 1 unspecified atom stereocenters. The molecule has 4 heteroatoms. The van der Waals surface area contributed by atoms with Crippen molar-refractivity contribution in [3.05, 3.63) is 23.7 Å². The summed E-state index contributed by atoms with van der Waals surface area (Å²) in [5.74, 6) is -0.907. The molecule has 4 nitrogen and oxygen atoms in total. The number of rotatable bonds is 3. The Morgan fingerprint density at radius 1 is 1.73 bits per heavy atom. The monoisotopic (exact) mass is 209 g/mol. The SMILES string of the molecule is CC1CCCN1Cc1ccoc1C(=O)O. The van der Waals surface area contributed by atoms with E-state index in [2.05, 4.69) is 11.8 Å². The van der Waals surface area contributed by atoms with Gasteiger partial charge in [0.25, 0.3) is 0 Å². The Balaban J connectivity index is 2.10. The zero-order valence-corrected chi connectivity index (χ0v) is 8.77. The minimum Gasteiger partial charge on any atom is -0.475 e. The van der Waals surface area contributed by atoms with E-state index in [0.29, 0.717) is 12.6 Å². The maximum atomic E-state index is 10.8. The molecule has 15 heavy (non-hydrogen) atoms. The molecule has 1 aliphatic heterocycles. The first-order valence-electron chi connectivity index (χ1n) is 5.22. The summed E-state index contributed by atoms with van der Waals surface area (Å²) in [5.41, 5.74) is 0.774. The first-order valence-corrected chi connectivity index (χ1v) is 5.22. The van der Waals surface area contributed by atoms with E-state index in [-0.39, 0.29) is 5.76 Å². The zero-order chi connectivity index (χ0) is 10.8. The molecule has 0 aromatic carbocycles. The molecule has 1 aliphatic rings. The number of carboxylic acid groups (broad SMARTS) is 1. The van der Waals surface area contributed by atoms with Crippen molar-refractivity contribution < 1.29 is 14.3 Å². The molecule has 2 heterocycles. The zero-order valence-electron chi connectivity index (χ0n) is 8.77. The van der Waals surface area contributed by atoms with Crippen LogP contribution in [-0.4, -0.2) is 28.6 Å². The van der Waals surface area contributed by atoms with E-state index in [1.807, 2.05) is 0 Å². The number of nitrogens with zero attached hydrogens (tertiary/aromatic N) is 1. The van der Waals surface area contributed by atoms with Gasteiger partial charge >= 0.3 is 5.97 Å². The fourth-order valence-electron chi connectivity index (χ4n) is 2.09. The number of hydrogen-bond acceptors (Lipinski definition) is 3. The molecular weight excluding hydrogens is 194 g/mol. The summed E-state index contributed by atoms with van der Waals surface area (Å²) in [5, 5.41) is 8.88. The highest BCUT2D eigenvalue weighted by atomic mass is 16.4. The minimum absolute atomic E-state index is 0.0779. The van der Waals surface area contributed by atoms with Gasteiger partial charge in [0.2, 0.25) is 5.76 Å². The number of hydrogen-bond donors (Lipinski definition) is 1. The van der Waals surface area contributed by atoms with Crippen LogP contribution in [0.1, 0.15) is 35.9 Å². The van der Waals surface area contributed by atoms with E-state index in [1.54, 1.807) is 6.07 Å². The van der Waals surface area contributed by atoms with Crippen LogP contribution in [-0.2, 0) is 6.54 Å². The highest BCUT2D eigenvalue weighted by Crippen LogP contribution is 2.21. The third-order valence-electron chi connectivity index (χ3n) is 3.01. The van der Waals surface area contributed by atoms with Gasteiger partial charge in [-0.3, -0.25) is 4.90 Å².